The van der Waals surface area contributed by atoms with E-state index in [-0.39, 0.29) is 5.69 Å². The van der Waals surface area contributed by atoms with Crippen LogP contribution in [0.25, 0.3) is 16.8 Å². The Hall–Kier alpha value is -3.41. The summed E-state index contributed by atoms with van der Waals surface area (Å²) < 4.78 is 1.55. The highest BCUT2D eigenvalue weighted by Crippen LogP contribution is 2.24. The van der Waals surface area contributed by atoms with Gasteiger partial charge in [-0.05, 0) is 42.2 Å². The second-order valence-corrected chi connectivity index (χ2v) is 6.12. The number of rotatable bonds is 6. The van der Waals surface area contributed by atoms with E-state index in [0.717, 1.165) is 36.2 Å². The molecule has 26 heavy (non-hydrogen) atoms. The Morgan fingerprint density at radius 2 is 1.85 bits per heavy atom. The van der Waals surface area contributed by atoms with E-state index in [1.807, 2.05) is 67.1 Å². The Morgan fingerprint density at radius 3 is 2.65 bits per heavy atom. The lowest BCUT2D eigenvalue weighted by molar-refractivity contribution is 0.860. The molecule has 0 atom stereocenters. The fourth-order valence-corrected chi connectivity index (χ4v) is 2.99. The van der Waals surface area contributed by atoms with Crippen LogP contribution in [0, 0.1) is 0 Å². The number of hydrogen-bond donors (Lipinski definition) is 2. The van der Waals surface area contributed by atoms with Crippen molar-refractivity contribution in [2.45, 2.75) is 12.8 Å². The average Bonchev–Trinajstić information content (AvgIpc) is 3.08. The molecule has 3 aromatic heterocycles. The van der Waals surface area contributed by atoms with E-state index in [1.54, 1.807) is 4.40 Å². The lowest BCUT2D eigenvalue weighted by Crippen LogP contribution is -2.11. The van der Waals surface area contributed by atoms with E-state index in [1.165, 1.54) is 5.56 Å². The lowest BCUT2D eigenvalue weighted by atomic mass is 10.1. The molecule has 0 radical (unpaired) electrons. The van der Waals surface area contributed by atoms with Gasteiger partial charge < -0.3 is 5.32 Å². The number of pyridine rings is 2. The first-order valence-electron chi connectivity index (χ1n) is 8.60. The second-order valence-electron chi connectivity index (χ2n) is 6.12. The monoisotopic (exact) mass is 345 g/mol. The average molecular weight is 345 g/mol. The zero-order chi connectivity index (χ0) is 17.8. The smallest absolute Gasteiger partial charge is 0.347 e. The van der Waals surface area contributed by atoms with Crippen LogP contribution in [-0.2, 0) is 6.42 Å². The number of benzene rings is 1. The number of hydrogen-bond acceptors (Lipinski definition) is 4. The Labute approximate surface area is 150 Å². The number of H-pyrrole nitrogens is 1. The van der Waals surface area contributed by atoms with E-state index in [9.17, 15) is 4.79 Å². The molecule has 2 N–H and O–H groups in total. The Kier molecular flexibility index (Phi) is 4.47. The maximum Gasteiger partial charge on any atom is 0.347 e. The van der Waals surface area contributed by atoms with Crippen molar-refractivity contribution in [3.05, 3.63) is 83.2 Å². The fourth-order valence-electron chi connectivity index (χ4n) is 2.99. The molecule has 6 heteroatoms. The number of anilines is 1. The van der Waals surface area contributed by atoms with Crippen LogP contribution in [0.5, 0.6) is 0 Å². The van der Waals surface area contributed by atoms with Gasteiger partial charge in [0.15, 0.2) is 5.65 Å². The summed E-state index contributed by atoms with van der Waals surface area (Å²) in [7, 11) is 0. The molecule has 6 nitrogen and oxygen atoms in total. The van der Waals surface area contributed by atoms with Gasteiger partial charge in [0.2, 0.25) is 0 Å². The summed E-state index contributed by atoms with van der Waals surface area (Å²) in [4.78, 5) is 16.1. The molecule has 0 saturated carbocycles. The molecule has 0 aliphatic carbocycles. The highest BCUT2D eigenvalue weighted by molar-refractivity contribution is 5.75. The molecule has 0 amide bonds. The molecule has 0 unspecified atom stereocenters. The molecule has 0 bridgehead atoms. The van der Waals surface area contributed by atoms with Crippen molar-refractivity contribution in [3.8, 4) is 11.1 Å². The number of fused-ring (bicyclic) bond motifs is 1. The topological polar surface area (TPSA) is 75.1 Å². The van der Waals surface area contributed by atoms with Gasteiger partial charge in [0.25, 0.3) is 0 Å². The Morgan fingerprint density at radius 1 is 1.04 bits per heavy atom. The van der Waals surface area contributed by atoms with Crippen LogP contribution in [0.15, 0.2) is 71.9 Å². The summed E-state index contributed by atoms with van der Waals surface area (Å²) in [5.74, 6) is 0. The molecule has 0 aliphatic rings. The van der Waals surface area contributed by atoms with E-state index in [0.29, 0.717) is 5.65 Å². The van der Waals surface area contributed by atoms with Crippen molar-refractivity contribution in [2.75, 3.05) is 11.9 Å². The first kappa shape index (κ1) is 16.1. The van der Waals surface area contributed by atoms with Gasteiger partial charge in [-0.2, -0.15) is 5.10 Å². The summed E-state index contributed by atoms with van der Waals surface area (Å²) >= 11 is 0. The molecule has 4 rings (SSSR count). The quantitative estimate of drug-likeness (QED) is 0.527. The third kappa shape index (κ3) is 3.35. The van der Waals surface area contributed by atoms with E-state index >= 15 is 0 Å². The summed E-state index contributed by atoms with van der Waals surface area (Å²) in [5, 5.41) is 10.1. The Bertz CT molecular complexity index is 1050. The number of aromatic amines is 1. The molecule has 130 valence electrons. The van der Waals surface area contributed by atoms with Gasteiger partial charge in [-0.15, -0.1) is 0 Å². The van der Waals surface area contributed by atoms with Gasteiger partial charge in [-0.1, -0.05) is 30.3 Å². The van der Waals surface area contributed by atoms with Gasteiger partial charge >= 0.3 is 5.69 Å². The number of nitrogens with zero attached hydrogens (tertiary/aromatic N) is 3. The van der Waals surface area contributed by atoms with Crippen molar-refractivity contribution >= 4 is 11.3 Å². The van der Waals surface area contributed by atoms with Crippen LogP contribution in [0.4, 0.5) is 5.69 Å². The zero-order valence-corrected chi connectivity index (χ0v) is 14.2. The summed E-state index contributed by atoms with van der Waals surface area (Å²) in [5.41, 5.74) is 4.51. The van der Waals surface area contributed by atoms with Gasteiger partial charge in [0, 0.05) is 30.7 Å². The minimum absolute atomic E-state index is 0.238. The molecular weight excluding hydrogens is 326 g/mol. The maximum absolute atomic E-state index is 12.0. The van der Waals surface area contributed by atoms with Gasteiger partial charge in [-0.25, -0.2) is 14.3 Å². The molecule has 3 heterocycles. The lowest BCUT2D eigenvalue weighted by Gasteiger charge is -2.10. The highest BCUT2D eigenvalue weighted by Gasteiger charge is 2.09. The summed E-state index contributed by atoms with van der Waals surface area (Å²) in [6, 6.07) is 16.1. The number of aromatic nitrogens is 4. The minimum atomic E-state index is -0.238. The summed E-state index contributed by atoms with van der Waals surface area (Å²) in [6.07, 6.45) is 7.38. The third-order valence-electron chi connectivity index (χ3n) is 4.33. The third-order valence-corrected chi connectivity index (χ3v) is 4.33. The largest absolute Gasteiger partial charge is 0.382 e. The second kappa shape index (κ2) is 7.23. The van der Waals surface area contributed by atoms with Crippen LogP contribution < -0.4 is 11.0 Å². The highest BCUT2D eigenvalue weighted by atomic mass is 16.1. The van der Waals surface area contributed by atoms with Crippen LogP contribution in [-0.4, -0.2) is 26.1 Å². The Balaban J connectivity index is 1.56. The predicted molar refractivity (Wildman–Crippen MR) is 102 cm³/mol. The molecule has 0 saturated heterocycles. The van der Waals surface area contributed by atoms with Crippen molar-refractivity contribution in [1.29, 1.82) is 0 Å². The van der Waals surface area contributed by atoms with E-state index < -0.39 is 0 Å². The van der Waals surface area contributed by atoms with Gasteiger partial charge in [-0.3, -0.25) is 4.98 Å². The normalized spacial score (nSPS) is 10.9. The number of aryl methyl sites for hydroxylation is 1. The van der Waals surface area contributed by atoms with Crippen molar-refractivity contribution < 1.29 is 0 Å². The van der Waals surface area contributed by atoms with Crippen LogP contribution in [0.3, 0.4) is 0 Å². The molecule has 1 aromatic carbocycles. The first-order chi connectivity index (χ1) is 12.8. The standard InChI is InChI=1S/C20H19N5O/c26-20-24-23-19-18(22-10-4-5-15-8-11-21-12-9-15)13-17(14-25(19)20)16-6-2-1-3-7-16/h1-3,6-9,11-14,22H,4-5,10H2,(H,24,26). The maximum atomic E-state index is 12.0. The molecule has 0 spiro atoms. The van der Waals surface area contributed by atoms with Crippen molar-refractivity contribution in [3.63, 3.8) is 0 Å². The van der Waals surface area contributed by atoms with Crippen molar-refractivity contribution in [2.24, 2.45) is 0 Å². The minimum Gasteiger partial charge on any atom is -0.382 e. The van der Waals surface area contributed by atoms with Crippen LogP contribution in [0.1, 0.15) is 12.0 Å². The van der Waals surface area contributed by atoms with Crippen LogP contribution >= 0.6 is 0 Å². The SMILES string of the molecule is O=c1[nH]nc2c(NCCCc3ccncc3)cc(-c3ccccc3)cn12. The zero-order valence-electron chi connectivity index (χ0n) is 14.2. The van der Waals surface area contributed by atoms with Crippen LogP contribution in [0.2, 0.25) is 0 Å². The van der Waals surface area contributed by atoms with E-state index in [4.69, 9.17) is 0 Å². The van der Waals surface area contributed by atoms with E-state index in [2.05, 4.69) is 20.5 Å². The molecule has 0 aliphatic heterocycles. The molecular formula is C20H19N5O. The first-order valence-corrected chi connectivity index (χ1v) is 8.60. The fraction of sp³-hybridized carbons (Fsp3) is 0.150. The van der Waals surface area contributed by atoms with Crippen molar-refractivity contribution in [1.82, 2.24) is 19.6 Å². The summed E-state index contributed by atoms with van der Waals surface area (Å²) in [6.45, 7) is 0.789. The van der Waals surface area contributed by atoms with Gasteiger partial charge in [0.1, 0.15) is 0 Å². The van der Waals surface area contributed by atoms with Gasteiger partial charge in [0.05, 0.1) is 5.69 Å². The molecule has 4 aromatic rings. The molecule has 0 fully saturated rings. The number of nitrogens with one attached hydrogen (secondary N) is 2. The predicted octanol–water partition coefficient (Wildman–Crippen LogP) is 3.13.